The lowest BCUT2D eigenvalue weighted by Crippen LogP contribution is -1.98. The average Bonchev–Trinajstić information content (AvgIpc) is 3.05. The summed E-state index contributed by atoms with van der Waals surface area (Å²) < 4.78 is 28.6. The van der Waals surface area contributed by atoms with Gasteiger partial charge in [0.1, 0.15) is 17.3 Å². The van der Waals surface area contributed by atoms with Gasteiger partial charge in [-0.2, -0.15) is 9.61 Å². The van der Waals surface area contributed by atoms with Crippen molar-refractivity contribution in [3.05, 3.63) is 71.9 Å². The summed E-state index contributed by atoms with van der Waals surface area (Å²) in [5.74, 6) is -0.705. The smallest absolute Gasteiger partial charge is 0.212 e. The van der Waals surface area contributed by atoms with Crippen LogP contribution in [-0.4, -0.2) is 24.8 Å². The second-order valence-electron chi connectivity index (χ2n) is 5.21. The Balaban J connectivity index is 1.65. The van der Waals surface area contributed by atoms with Gasteiger partial charge < -0.3 is 0 Å². The monoisotopic (exact) mass is 355 g/mol. The first-order chi connectivity index (χ1) is 12.2. The maximum atomic E-state index is 13.8. The molecule has 0 aliphatic rings. The zero-order valence-corrected chi connectivity index (χ0v) is 13.6. The van der Waals surface area contributed by atoms with Gasteiger partial charge in [-0.25, -0.2) is 8.78 Å². The molecular formula is C17H11F2N5S. The molecule has 3 aromatic heterocycles. The second kappa shape index (κ2) is 6.56. The van der Waals surface area contributed by atoms with Crippen molar-refractivity contribution in [1.29, 1.82) is 0 Å². The molecule has 1 aromatic carbocycles. The third kappa shape index (κ3) is 3.20. The van der Waals surface area contributed by atoms with Crippen LogP contribution in [0.4, 0.5) is 8.78 Å². The molecule has 0 saturated heterocycles. The molecule has 0 saturated carbocycles. The predicted molar refractivity (Wildman–Crippen MR) is 89.9 cm³/mol. The minimum atomic E-state index is -0.473. The van der Waals surface area contributed by atoms with Crippen LogP contribution < -0.4 is 0 Å². The highest BCUT2D eigenvalue weighted by molar-refractivity contribution is 7.98. The topological polar surface area (TPSA) is 56.0 Å². The first kappa shape index (κ1) is 15.6. The number of nitrogens with zero attached hydrogens (tertiary/aromatic N) is 5. The van der Waals surface area contributed by atoms with E-state index in [1.165, 1.54) is 17.8 Å². The molecule has 124 valence electrons. The molecule has 0 fully saturated rings. The molecule has 3 heterocycles. The van der Waals surface area contributed by atoms with Crippen LogP contribution in [0.25, 0.3) is 17.0 Å². The summed E-state index contributed by atoms with van der Waals surface area (Å²) in [5.41, 5.74) is 2.24. The number of thioether (sulfide) groups is 1. The van der Waals surface area contributed by atoms with Gasteiger partial charge in [0.25, 0.3) is 0 Å². The third-order valence-electron chi connectivity index (χ3n) is 3.53. The van der Waals surface area contributed by atoms with Gasteiger partial charge >= 0.3 is 0 Å². The van der Waals surface area contributed by atoms with Gasteiger partial charge in [-0.1, -0.05) is 17.8 Å². The van der Waals surface area contributed by atoms with E-state index in [2.05, 4.69) is 20.3 Å². The average molecular weight is 355 g/mol. The summed E-state index contributed by atoms with van der Waals surface area (Å²) in [6.07, 6.45) is 1.69. The third-order valence-corrected chi connectivity index (χ3v) is 4.49. The molecule has 25 heavy (non-hydrogen) atoms. The van der Waals surface area contributed by atoms with E-state index in [0.717, 1.165) is 17.8 Å². The summed E-state index contributed by atoms with van der Waals surface area (Å²) >= 11 is 1.24. The summed E-state index contributed by atoms with van der Waals surface area (Å²) in [6.45, 7) is 0. The fourth-order valence-electron chi connectivity index (χ4n) is 2.31. The van der Waals surface area contributed by atoms with Gasteiger partial charge in [0.15, 0.2) is 5.65 Å². The van der Waals surface area contributed by atoms with Crippen molar-refractivity contribution in [2.24, 2.45) is 0 Å². The van der Waals surface area contributed by atoms with E-state index < -0.39 is 11.6 Å². The summed E-state index contributed by atoms with van der Waals surface area (Å²) in [6, 6.07) is 12.6. The van der Waals surface area contributed by atoms with E-state index in [9.17, 15) is 8.78 Å². The molecule has 0 spiro atoms. The molecule has 4 rings (SSSR count). The molecule has 0 aliphatic carbocycles. The minimum Gasteiger partial charge on any atom is -0.255 e. The number of aromatic nitrogens is 5. The van der Waals surface area contributed by atoms with Crippen LogP contribution in [0.15, 0.2) is 59.9 Å². The van der Waals surface area contributed by atoms with Gasteiger partial charge in [-0.05, 0) is 42.5 Å². The summed E-state index contributed by atoms with van der Waals surface area (Å²) in [5, 5.41) is 13.1. The lowest BCUT2D eigenvalue weighted by atomic mass is 10.2. The molecule has 4 aromatic rings. The normalized spacial score (nSPS) is 11.1. The van der Waals surface area contributed by atoms with Crippen molar-refractivity contribution in [2.75, 3.05) is 0 Å². The van der Waals surface area contributed by atoms with Crippen molar-refractivity contribution in [3.8, 4) is 11.4 Å². The summed E-state index contributed by atoms with van der Waals surface area (Å²) in [7, 11) is 0. The molecule has 0 aliphatic heterocycles. The van der Waals surface area contributed by atoms with E-state index in [1.807, 2.05) is 24.3 Å². The molecule has 0 amide bonds. The van der Waals surface area contributed by atoms with Crippen LogP contribution in [0.3, 0.4) is 0 Å². The number of pyridine rings is 1. The van der Waals surface area contributed by atoms with Crippen LogP contribution in [0.2, 0.25) is 0 Å². The minimum absolute atomic E-state index is 0.222. The highest BCUT2D eigenvalue weighted by atomic mass is 32.2. The van der Waals surface area contributed by atoms with E-state index in [1.54, 1.807) is 16.8 Å². The molecule has 0 unspecified atom stereocenters. The Kier molecular flexibility index (Phi) is 4.10. The largest absolute Gasteiger partial charge is 0.255 e. The Hall–Kier alpha value is -2.87. The maximum absolute atomic E-state index is 13.8. The zero-order valence-electron chi connectivity index (χ0n) is 12.8. The van der Waals surface area contributed by atoms with Crippen LogP contribution in [0, 0.1) is 11.6 Å². The molecule has 0 atom stereocenters. The molecule has 5 nitrogen and oxygen atoms in total. The number of hydrogen-bond donors (Lipinski definition) is 0. The van der Waals surface area contributed by atoms with E-state index in [4.69, 9.17) is 0 Å². The lowest BCUT2D eigenvalue weighted by molar-refractivity contribution is 0.591. The standard InChI is InChI=1S/C17H11F2N5S/c18-12-4-5-13(19)11(9-12)10-25-17-22-21-16-7-6-15(23-24(16)17)14-3-1-2-8-20-14/h1-9H,10H2. The number of fused-ring (bicyclic) bond motifs is 1. The quantitative estimate of drug-likeness (QED) is 0.522. The molecule has 0 N–H and O–H groups in total. The number of benzene rings is 1. The fourth-order valence-corrected chi connectivity index (χ4v) is 3.17. The molecule has 0 radical (unpaired) electrons. The SMILES string of the molecule is Fc1ccc(F)c(CSc2nnc3ccc(-c4ccccn4)nn23)c1. The predicted octanol–water partition coefficient (Wildman–Crippen LogP) is 3.76. The van der Waals surface area contributed by atoms with Crippen molar-refractivity contribution in [1.82, 2.24) is 24.8 Å². The van der Waals surface area contributed by atoms with Gasteiger partial charge in [-0.3, -0.25) is 4.98 Å². The van der Waals surface area contributed by atoms with Gasteiger partial charge in [0.2, 0.25) is 5.16 Å². The van der Waals surface area contributed by atoms with Crippen molar-refractivity contribution < 1.29 is 8.78 Å². The van der Waals surface area contributed by atoms with Gasteiger partial charge in [0, 0.05) is 17.5 Å². The second-order valence-corrected chi connectivity index (χ2v) is 6.15. The molecular weight excluding hydrogens is 344 g/mol. The Morgan fingerprint density at radius 3 is 2.72 bits per heavy atom. The Morgan fingerprint density at radius 2 is 1.88 bits per heavy atom. The zero-order chi connectivity index (χ0) is 17.2. The van der Waals surface area contributed by atoms with Crippen LogP contribution in [-0.2, 0) is 5.75 Å². The first-order valence-electron chi connectivity index (χ1n) is 7.41. The Morgan fingerprint density at radius 1 is 0.960 bits per heavy atom. The van der Waals surface area contributed by atoms with Crippen LogP contribution >= 0.6 is 11.8 Å². The number of rotatable bonds is 4. The van der Waals surface area contributed by atoms with Crippen LogP contribution in [0.5, 0.6) is 0 Å². The number of hydrogen-bond acceptors (Lipinski definition) is 5. The summed E-state index contributed by atoms with van der Waals surface area (Å²) in [4.78, 5) is 4.27. The van der Waals surface area contributed by atoms with E-state index >= 15 is 0 Å². The highest BCUT2D eigenvalue weighted by Crippen LogP contribution is 2.24. The molecule has 0 bridgehead atoms. The lowest BCUT2D eigenvalue weighted by Gasteiger charge is -2.04. The molecule has 8 heteroatoms. The van der Waals surface area contributed by atoms with E-state index in [0.29, 0.717) is 16.5 Å². The van der Waals surface area contributed by atoms with Crippen molar-refractivity contribution in [2.45, 2.75) is 10.9 Å². The van der Waals surface area contributed by atoms with Gasteiger partial charge in [-0.15, -0.1) is 10.2 Å². The Bertz CT molecular complexity index is 1040. The van der Waals surface area contributed by atoms with E-state index in [-0.39, 0.29) is 11.3 Å². The van der Waals surface area contributed by atoms with Gasteiger partial charge in [0.05, 0.1) is 5.69 Å². The van der Waals surface area contributed by atoms with Crippen molar-refractivity contribution >= 4 is 17.4 Å². The maximum Gasteiger partial charge on any atom is 0.212 e. The fraction of sp³-hybridized carbons (Fsp3) is 0.0588. The first-order valence-corrected chi connectivity index (χ1v) is 8.40. The van der Waals surface area contributed by atoms with Crippen LogP contribution in [0.1, 0.15) is 5.56 Å². The highest BCUT2D eigenvalue weighted by Gasteiger charge is 2.12. The number of halogens is 2. The van der Waals surface area contributed by atoms with Crippen molar-refractivity contribution in [3.63, 3.8) is 0 Å². The Labute approximate surface area is 145 Å².